The van der Waals surface area contributed by atoms with Gasteiger partial charge in [-0.05, 0) is 95.5 Å². The van der Waals surface area contributed by atoms with Gasteiger partial charge >= 0.3 is 5.97 Å². The van der Waals surface area contributed by atoms with E-state index in [4.69, 9.17) is 23.7 Å². The van der Waals surface area contributed by atoms with Gasteiger partial charge in [0, 0.05) is 52.0 Å². The standard InChI is InChI=1S/C44H71NO14/c1-24-15-25(2)17-37(56-7)40-38(57-8)19-27(4)44(54,59-40)41(51)42(52)45-14-10-9-11-32(45)43(53)58-39(26(3)18-29-12-13-33(48)36(20-29)55-6)28(5)34(49)22-35(50)30(16-24)21-31(47)23-46/h16,18,25,27-34,36-40,46-49,54H,9-15,17,19-23H2,1-8H3/b24-16-,26-18+. The minimum Gasteiger partial charge on any atom is -0.456 e. The molecule has 15 heteroatoms. The van der Waals surface area contributed by atoms with Crippen LogP contribution in [0.25, 0.3) is 0 Å². The number of amides is 1. The van der Waals surface area contributed by atoms with Gasteiger partial charge in [0.05, 0.1) is 43.2 Å². The van der Waals surface area contributed by atoms with Crippen LogP contribution in [0.15, 0.2) is 23.3 Å². The van der Waals surface area contributed by atoms with Crippen LogP contribution >= 0.6 is 0 Å². The van der Waals surface area contributed by atoms with Gasteiger partial charge in [0.2, 0.25) is 5.79 Å². The van der Waals surface area contributed by atoms with Gasteiger partial charge < -0.3 is 54.1 Å². The maximum absolute atomic E-state index is 14.3. The number of ether oxygens (including phenoxy) is 5. The number of hydrogen-bond donors (Lipinski definition) is 5. The van der Waals surface area contributed by atoms with Gasteiger partial charge in [-0.25, -0.2) is 4.79 Å². The van der Waals surface area contributed by atoms with Crippen LogP contribution in [-0.2, 0) is 42.9 Å². The third kappa shape index (κ3) is 12.1. The molecule has 4 aliphatic rings. The summed E-state index contributed by atoms with van der Waals surface area (Å²) in [5, 5.41) is 54.4. The van der Waals surface area contributed by atoms with Crippen molar-refractivity contribution in [3.8, 4) is 0 Å². The molecule has 5 N–H and O–H groups in total. The zero-order valence-corrected chi connectivity index (χ0v) is 36.3. The van der Waals surface area contributed by atoms with Crippen LogP contribution in [0.2, 0.25) is 0 Å². The third-order valence-electron chi connectivity index (χ3n) is 13.2. The molecule has 1 amide bonds. The summed E-state index contributed by atoms with van der Waals surface area (Å²) in [7, 11) is 4.53. The van der Waals surface area contributed by atoms with Crippen molar-refractivity contribution in [3.63, 3.8) is 0 Å². The molecule has 0 spiro atoms. The van der Waals surface area contributed by atoms with Crippen molar-refractivity contribution >= 4 is 23.4 Å². The average Bonchev–Trinajstić information content (AvgIpc) is 3.21. The van der Waals surface area contributed by atoms with E-state index in [1.807, 2.05) is 19.9 Å². The van der Waals surface area contributed by atoms with Crippen molar-refractivity contribution in [3.05, 3.63) is 23.3 Å². The van der Waals surface area contributed by atoms with Crippen LogP contribution in [0.5, 0.6) is 0 Å². The molecule has 4 rings (SSSR count). The van der Waals surface area contributed by atoms with E-state index in [1.54, 1.807) is 26.8 Å². The molecule has 3 fully saturated rings. The lowest BCUT2D eigenvalue weighted by molar-refractivity contribution is -0.302. The van der Waals surface area contributed by atoms with E-state index in [2.05, 4.69) is 0 Å². The molecule has 0 radical (unpaired) electrons. The summed E-state index contributed by atoms with van der Waals surface area (Å²) in [4.78, 5) is 58.0. The van der Waals surface area contributed by atoms with Gasteiger partial charge in [-0.1, -0.05) is 38.5 Å². The number of cyclic esters (lactones) is 1. The molecular formula is C44H71NO14. The van der Waals surface area contributed by atoms with Gasteiger partial charge in [-0.3, -0.25) is 14.4 Å². The van der Waals surface area contributed by atoms with Crippen LogP contribution in [-0.4, -0.2) is 149 Å². The lowest BCUT2D eigenvalue weighted by Crippen LogP contribution is -2.64. The van der Waals surface area contributed by atoms with E-state index in [0.29, 0.717) is 50.5 Å². The van der Waals surface area contributed by atoms with Gasteiger partial charge in [-0.2, -0.15) is 0 Å². The lowest BCUT2D eigenvalue weighted by Gasteiger charge is -2.47. The topological polar surface area (TPSA) is 219 Å². The van der Waals surface area contributed by atoms with Crippen molar-refractivity contribution in [2.75, 3.05) is 34.5 Å². The first kappa shape index (κ1) is 49.1. The zero-order chi connectivity index (χ0) is 43.8. The van der Waals surface area contributed by atoms with Crippen molar-refractivity contribution in [1.29, 1.82) is 0 Å². The molecule has 59 heavy (non-hydrogen) atoms. The van der Waals surface area contributed by atoms with Gasteiger partial charge in [0.15, 0.2) is 0 Å². The number of nitrogens with zero attached hydrogens (tertiary/aromatic N) is 1. The van der Waals surface area contributed by atoms with Crippen molar-refractivity contribution < 1.29 is 68.4 Å². The highest BCUT2D eigenvalue weighted by Crippen LogP contribution is 2.39. The highest BCUT2D eigenvalue weighted by Gasteiger charge is 2.56. The van der Waals surface area contributed by atoms with Crippen LogP contribution in [0.3, 0.4) is 0 Å². The summed E-state index contributed by atoms with van der Waals surface area (Å²) in [5.41, 5.74) is 1.41. The number of rotatable bonds is 8. The second kappa shape index (κ2) is 22.0. The van der Waals surface area contributed by atoms with Gasteiger partial charge in [-0.15, -0.1) is 0 Å². The molecule has 0 aromatic rings. The Kier molecular flexibility index (Phi) is 18.3. The number of methoxy groups -OCH3 is 3. The second-order valence-corrected chi connectivity index (χ2v) is 17.8. The highest BCUT2D eigenvalue weighted by molar-refractivity contribution is 6.39. The smallest absolute Gasteiger partial charge is 0.329 e. The van der Waals surface area contributed by atoms with Gasteiger partial charge in [0.25, 0.3) is 11.7 Å². The Morgan fingerprint density at radius 2 is 1.59 bits per heavy atom. The van der Waals surface area contributed by atoms with Crippen molar-refractivity contribution in [1.82, 2.24) is 4.90 Å². The predicted molar refractivity (Wildman–Crippen MR) is 215 cm³/mol. The molecule has 15 atom stereocenters. The van der Waals surface area contributed by atoms with E-state index in [9.17, 15) is 44.7 Å². The molecule has 1 saturated carbocycles. The van der Waals surface area contributed by atoms with Crippen LogP contribution in [0, 0.1) is 29.6 Å². The predicted octanol–water partition coefficient (Wildman–Crippen LogP) is 2.81. The average molecular weight is 838 g/mol. The normalized spacial score (nSPS) is 40.6. The number of aliphatic hydroxyl groups excluding tert-OH is 4. The molecule has 15 unspecified atom stereocenters. The second-order valence-electron chi connectivity index (χ2n) is 17.8. The SMILES string of the molecule is COC1CC(/C=C(\C)C2OC(=O)C3CCCCN3C(=O)C(=O)C3(O)OC(C(OC)CC(C)C/C(C)=C\C(CC(O)CO)C(=O)CC(O)C2C)C(OC)CC3C)CCC1O. The van der Waals surface area contributed by atoms with Crippen molar-refractivity contribution in [2.24, 2.45) is 29.6 Å². The molecule has 15 nitrogen and oxygen atoms in total. The highest BCUT2D eigenvalue weighted by atomic mass is 16.7. The molecule has 1 aliphatic carbocycles. The van der Waals surface area contributed by atoms with Crippen LogP contribution in [0.4, 0.5) is 0 Å². The van der Waals surface area contributed by atoms with E-state index in [-0.39, 0.29) is 49.8 Å². The van der Waals surface area contributed by atoms with Crippen LogP contribution < -0.4 is 0 Å². The summed E-state index contributed by atoms with van der Waals surface area (Å²) >= 11 is 0. The van der Waals surface area contributed by atoms with E-state index >= 15 is 0 Å². The Bertz CT molecular complexity index is 1500. The number of piperidine rings is 1. The number of hydrogen-bond acceptors (Lipinski definition) is 14. The number of aliphatic hydroxyl groups is 5. The first-order valence-corrected chi connectivity index (χ1v) is 21.5. The summed E-state index contributed by atoms with van der Waals surface area (Å²) in [5.74, 6) is -8.67. The van der Waals surface area contributed by atoms with E-state index in [1.165, 1.54) is 21.3 Å². The monoisotopic (exact) mass is 837 g/mol. The van der Waals surface area contributed by atoms with Crippen LogP contribution in [0.1, 0.15) is 105 Å². The van der Waals surface area contributed by atoms with E-state index < -0.39 is 103 Å². The molecule has 336 valence electrons. The largest absolute Gasteiger partial charge is 0.456 e. The summed E-state index contributed by atoms with van der Waals surface area (Å²) in [6, 6.07) is -1.19. The van der Waals surface area contributed by atoms with Gasteiger partial charge in [0.1, 0.15) is 24.0 Å². The fraction of sp³-hybridized carbons (Fsp3) is 0.818. The minimum absolute atomic E-state index is 0.0548. The first-order chi connectivity index (χ1) is 27.9. The number of carbonyl (C=O) groups excluding carboxylic acids is 4. The number of esters is 1. The molecule has 0 aromatic heterocycles. The Morgan fingerprint density at radius 3 is 2.24 bits per heavy atom. The quantitative estimate of drug-likeness (QED) is 0.135. The number of fused-ring (bicyclic) bond motifs is 3. The lowest BCUT2D eigenvalue weighted by atomic mass is 9.81. The molecule has 0 aromatic carbocycles. The Balaban J connectivity index is 1.79. The Morgan fingerprint density at radius 1 is 0.932 bits per heavy atom. The summed E-state index contributed by atoms with van der Waals surface area (Å²) in [6.45, 7) is 8.39. The molecule has 3 heterocycles. The first-order valence-electron chi connectivity index (χ1n) is 21.5. The number of allylic oxidation sites excluding steroid dienone is 3. The fourth-order valence-corrected chi connectivity index (χ4v) is 9.61. The van der Waals surface area contributed by atoms with E-state index in [0.717, 1.165) is 10.5 Å². The summed E-state index contributed by atoms with van der Waals surface area (Å²) < 4.78 is 29.7. The fourth-order valence-electron chi connectivity index (χ4n) is 9.61. The molecular weight excluding hydrogens is 766 g/mol. The maximum Gasteiger partial charge on any atom is 0.329 e. The van der Waals surface area contributed by atoms with Crippen molar-refractivity contribution in [2.45, 2.75) is 166 Å². The Labute approximate surface area is 349 Å². The third-order valence-corrected chi connectivity index (χ3v) is 13.2. The molecule has 3 aliphatic heterocycles. The number of ketones is 2. The minimum atomic E-state index is -2.55. The number of carbonyl (C=O) groups is 4. The zero-order valence-electron chi connectivity index (χ0n) is 36.3. The molecule has 2 saturated heterocycles. The molecule has 2 bridgehead atoms. The summed E-state index contributed by atoms with van der Waals surface area (Å²) in [6.07, 6.45) is 0.418. The Hall–Kier alpha value is -2.60. The number of Topliss-reactive ketones (excluding diaryl/α,β-unsaturated/α-hetero) is 2. The maximum atomic E-state index is 14.3.